The van der Waals surface area contributed by atoms with E-state index >= 15 is 0 Å². The van der Waals surface area contributed by atoms with Gasteiger partial charge in [-0.2, -0.15) is 0 Å². The molecule has 0 aromatic rings. The summed E-state index contributed by atoms with van der Waals surface area (Å²) >= 11 is 0. The molecular formula is C16H28O2Si. The number of aliphatic hydroxyl groups excluding tert-OH is 1. The van der Waals surface area contributed by atoms with Crippen molar-refractivity contribution in [1.82, 2.24) is 0 Å². The largest absolute Gasteiger partial charge is 0.378 e. The first kappa shape index (κ1) is 15.1. The van der Waals surface area contributed by atoms with Crippen LogP contribution in [0.2, 0.25) is 19.6 Å². The van der Waals surface area contributed by atoms with E-state index in [4.69, 9.17) is 4.74 Å². The Labute approximate surface area is 118 Å². The third-order valence-electron chi connectivity index (χ3n) is 4.21. The second-order valence-corrected chi connectivity index (χ2v) is 11.9. The van der Waals surface area contributed by atoms with E-state index in [0.717, 1.165) is 18.8 Å². The number of rotatable bonds is 2. The molecule has 1 aliphatic heterocycles. The number of hydrogen-bond acceptors (Lipinski definition) is 2. The summed E-state index contributed by atoms with van der Waals surface area (Å²) in [6.45, 7) is 6.60. The zero-order valence-electron chi connectivity index (χ0n) is 12.6. The van der Waals surface area contributed by atoms with Gasteiger partial charge in [-0.15, -0.1) is 5.54 Å². The molecule has 0 aromatic heterocycles. The molecule has 3 atom stereocenters. The predicted octanol–water partition coefficient (Wildman–Crippen LogP) is 3.36. The molecule has 0 unspecified atom stereocenters. The quantitative estimate of drug-likeness (QED) is 0.621. The Hall–Kier alpha value is -0.303. The van der Waals surface area contributed by atoms with E-state index in [1.807, 2.05) is 0 Å². The molecule has 0 bridgehead atoms. The molecule has 0 spiro atoms. The highest BCUT2D eigenvalue weighted by Gasteiger charge is 2.35. The molecule has 1 saturated heterocycles. The molecule has 2 nitrogen and oxygen atoms in total. The van der Waals surface area contributed by atoms with Crippen molar-refractivity contribution in [3.63, 3.8) is 0 Å². The summed E-state index contributed by atoms with van der Waals surface area (Å²) in [5.74, 6) is 3.76. The lowest BCUT2D eigenvalue weighted by molar-refractivity contribution is -0.0396. The Kier molecular flexibility index (Phi) is 5.11. The predicted molar refractivity (Wildman–Crippen MR) is 81.6 cm³/mol. The first-order valence-corrected chi connectivity index (χ1v) is 11.3. The van der Waals surface area contributed by atoms with Gasteiger partial charge in [0.05, 0.1) is 12.2 Å². The summed E-state index contributed by atoms with van der Waals surface area (Å²) < 4.78 is 6.09. The van der Waals surface area contributed by atoms with Crippen LogP contribution < -0.4 is 0 Å². The van der Waals surface area contributed by atoms with Gasteiger partial charge in [0.15, 0.2) is 0 Å². The lowest BCUT2D eigenvalue weighted by atomic mass is 9.84. The van der Waals surface area contributed by atoms with E-state index < -0.39 is 14.2 Å². The van der Waals surface area contributed by atoms with Gasteiger partial charge in [0, 0.05) is 0 Å². The summed E-state index contributed by atoms with van der Waals surface area (Å²) in [5, 5.41) is 10.2. The summed E-state index contributed by atoms with van der Waals surface area (Å²) in [7, 11) is -1.40. The zero-order valence-corrected chi connectivity index (χ0v) is 13.6. The Morgan fingerprint density at radius 1 is 1.05 bits per heavy atom. The molecule has 2 fully saturated rings. The maximum atomic E-state index is 10.2. The molecule has 1 heterocycles. The lowest BCUT2D eigenvalue weighted by Gasteiger charge is -2.27. The van der Waals surface area contributed by atoms with Gasteiger partial charge in [-0.05, 0) is 31.6 Å². The van der Waals surface area contributed by atoms with E-state index in [0.29, 0.717) is 6.10 Å². The second kappa shape index (κ2) is 6.43. The molecule has 1 saturated carbocycles. The average molecular weight is 280 g/mol. The van der Waals surface area contributed by atoms with Crippen molar-refractivity contribution in [3.8, 4) is 11.5 Å². The summed E-state index contributed by atoms with van der Waals surface area (Å²) in [5.41, 5.74) is 3.25. The van der Waals surface area contributed by atoms with Crippen LogP contribution in [0.1, 0.15) is 44.9 Å². The fourth-order valence-electron chi connectivity index (χ4n) is 3.16. The van der Waals surface area contributed by atoms with Gasteiger partial charge in [0.25, 0.3) is 0 Å². The normalized spacial score (nSPS) is 30.7. The Bertz CT molecular complexity index is 344. The van der Waals surface area contributed by atoms with E-state index in [-0.39, 0.29) is 6.10 Å². The van der Waals surface area contributed by atoms with Gasteiger partial charge in [-0.3, -0.25) is 0 Å². The Morgan fingerprint density at radius 2 is 1.74 bits per heavy atom. The van der Waals surface area contributed by atoms with E-state index in [1.54, 1.807) is 0 Å². The minimum absolute atomic E-state index is 0.0456. The first-order valence-electron chi connectivity index (χ1n) is 7.82. The minimum Gasteiger partial charge on any atom is -0.378 e. The highest BCUT2D eigenvalue weighted by atomic mass is 28.3. The summed E-state index contributed by atoms with van der Waals surface area (Å²) in [4.78, 5) is 0. The van der Waals surface area contributed by atoms with Crippen molar-refractivity contribution in [1.29, 1.82) is 0 Å². The average Bonchev–Trinajstić information content (AvgIpc) is 2.86. The van der Waals surface area contributed by atoms with Gasteiger partial charge >= 0.3 is 0 Å². The van der Waals surface area contributed by atoms with Crippen molar-refractivity contribution in [3.05, 3.63) is 0 Å². The van der Waals surface area contributed by atoms with Gasteiger partial charge in [-0.25, -0.2) is 0 Å². The monoisotopic (exact) mass is 280 g/mol. The van der Waals surface area contributed by atoms with Gasteiger partial charge in [0.2, 0.25) is 0 Å². The topological polar surface area (TPSA) is 29.5 Å². The van der Waals surface area contributed by atoms with Crippen LogP contribution in [-0.4, -0.2) is 31.5 Å². The van der Waals surface area contributed by atoms with E-state index in [2.05, 4.69) is 31.1 Å². The molecule has 0 amide bonds. The third kappa shape index (κ3) is 4.63. The lowest BCUT2D eigenvalue weighted by Crippen LogP contribution is -2.29. The first-order chi connectivity index (χ1) is 8.96. The van der Waals surface area contributed by atoms with Crippen LogP contribution in [0.4, 0.5) is 0 Å². The number of aliphatic hydroxyl groups is 1. The van der Waals surface area contributed by atoms with Gasteiger partial charge in [0.1, 0.15) is 14.2 Å². The molecule has 108 valence electrons. The van der Waals surface area contributed by atoms with Crippen LogP contribution >= 0.6 is 0 Å². The van der Waals surface area contributed by atoms with Crippen molar-refractivity contribution >= 4 is 8.07 Å². The molecule has 3 heteroatoms. The highest BCUT2D eigenvalue weighted by Crippen LogP contribution is 2.35. The van der Waals surface area contributed by atoms with Crippen molar-refractivity contribution in [2.45, 2.75) is 82.9 Å². The van der Waals surface area contributed by atoms with Crippen molar-refractivity contribution in [2.75, 3.05) is 0 Å². The minimum atomic E-state index is -1.40. The third-order valence-corrected chi connectivity index (χ3v) is 5.10. The van der Waals surface area contributed by atoms with Gasteiger partial charge < -0.3 is 9.84 Å². The molecule has 0 radical (unpaired) electrons. The van der Waals surface area contributed by atoms with Crippen LogP contribution in [0.5, 0.6) is 0 Å². The van der Waals surface area contributed by atoms with Crippen LogP contribution in [0.3, 0.4) is 0 Å². The fraction of sp³-hybridized carbons (Fsp3) is 0.875. The Morgan fingerprint density at radius 3 is 2.37 bits per heavy atom. The van der Waals surface area contributed by atoms with Gasteiger partial charge in [-0.1, -0.05) is 44.8 Å². The standard InChI is InChI=1S/C16H28O2Si/c1-19(2,3)12-11-14(17)16-10-9-15(18-16)13-7-5-4-6-8-13/h13-17H,4-10H2,1-3H3/t14-,15-,16-/m1/s1. The summed E-state index contributed by atoms with van der Waals surface area (Å²) in [6.07, 6.45) is 8.56. The van der Waals surface area contributed by atoms with E-state index in [9.17, 15) is 5.11 Å². The second-order valence-electron chi connectivity index (χ2n) is 7.15. The fourth-order valence-corrected chi connectivity index (χ4v) is 3.74. The van der Waals surface area contributed by atoms with Crippen molar-refractivity contribution in [2.24, 2.45) is 5.92 Å². The molecule has 1 N–H and O–H groups in total. The van der Waals surface area contributed by atoms with Crippen LogP contribution in [0.25, 0.3) is 0 Å². The number of ether oxygens (including phenoxy) is 1. The molecule has 2 aliphatic rings. The maximum Gasteiger partial charge on any atom is 0.140 e. The Balaban J connectivity index is 1.85. The molecule has 1 aliphatic carbocycles. The molecule has 0 aromatic carbocycles. The van der Waals surface area contributed by atoms with Crippen LogP contribution in [-0.2, 0) is 4.74 Å². The van der Waals surface area contributed by atoms with Crippen LogP contribution in [0.15, 0.2) is 0 Å². The van der Waals surface area contributed by atoms with Crippen molar-refractivity contribution < 1.29 is 9.84 Å². The van der Waals surface area contributed by atoms with E-state index in [1.165, 1.54) is 32.1 Å². The SMILES string of the molecule is C[Si](C)(C)C#C[C@@H](O)[C@H]1CC[C@H](C2CCCCC2)O1. The highest BCUT2D eigenvalue weighted by molar-refractivity contribution is 6.83. The van der Waals surface area contributed by atoms with Crippen LogP contribution in [0, 0.1) is 17.4 Å². The molecule has 19 heavy (non-hydrogen) atoms. The number of hydrogen-bond donors (Lipinski definition) is 1. The molecular weight excluding hydrogens is 252 g/mol. The maximum absolute atomic E-state index is 10.2. The summed E-state index contributed by atoms with van der Waals surface area (Å²) in [6, 6.07) is 0. The smallest absolute Gasteiger partial charge is 0.140 e. The zero-order chi connectivity index (χ0) is 13.9. The molecule has 2 rings (SSSR count).